The summed E-state index contributed by atoms with van der Waals surface area (Å²) >= 11 is 0. The second kappa shape index (κ2) is 8.54. The highest BCUT2D eigenvalue weighted by Gasteiger charge is 2.40. The minimum absolute atomic E-state index is 0.0683. The van der Waals surface area contributed by atoms with E-state index in [1.807, 2.05) is 13.8 Å². The Morgan fingerprint density at radius 2 is 1.79 bits per heavy atom. The van der Waals surface area contributed by atoms with Crippen LogP contribution in [-0.2, 0) is 9.53 Å². The summed E-state index contributed by atoms with van der Waals surface area (Å²) in [6.45, 7) is 4.05. The second-order valence-corrected chi connectivity index (χ2v) is 7.81. The Labute approximate surface area is 164 Å². The maximum atomic E-state index is 12.8. The molecule has 1 aromatic rings. The molecule has 1 aliphatic carbocycles. The van der Waals surface area contributed by atoms with Gasteiger partial charge in [-0.3, -0.25) is 19.3 Å². The molecule has 1 aliphatic heterocycles. The monoisotopic (exact) mass is 386 g/mol. The van der Waals surface area contributed by atoms with Crippen LogP contribution in [0.4, 0.5) is 0 Å². The van der Waals surface area contributed by atoms with Gasteiger partial charge in [0.05, 0.1) is 16.7 Å². The summed E-state index contributed by atoms with van der Waals surface area (Å²) in [5.41, 5.74) is 0.707. The van der Waals surface area contributed by atoms with Gasteiger partial charge in [0.15, 0.2) is 6.61 Å². The van der Waals surface area contributed by atoms with Gasteiger partial charge in [0, 0.05) is 12.6 Å². The Morgan fingerprint density at radius 1 is 1.11 bits per heavy atom. The first kappa shape index (κ1) is 20.0. The third-order valence-corrected chi connectivity index (χ3v) is 5.14. The number of benzene rings is 1. The molecule has 1 saturated carbocycles. The van der Waals surface area contributed by atoms with E-state index >= 15 is 0 Å². The third-order valence-electron chi connectivity index (χ3n) is 5.14. The second-order valence-electron chi connectivity index (χ2n) is 7.81. The first-order chi connectivity index (χ1) is 13.4. The number of fused-ring (bicyclic) bond motifs is 1. The lowest BCUT2D eigenvalue weighted by atomic mass is 9.94. The number of esters is 1. The molecule has 0 radical (unpaired) electrons. The fourth-order valence-electron chi connectivity index (χ4n) is 3.64. The van der Waals surface area contributed by atoms with Gasteiger partial charge in [-0.15, -0.1) is 0 Å². The molecule has 1 aromatic carbocycles. The van der Waals surface area contributed by atoms with Gasteiger partial charge in [-0.25, -0.2) is 4.79 Å². The number of rotatable bonds is 6. The van der Waals surface area contributed by atoms with E-state index in [-0.39, 0.29) is 41.5 Å². The number of carbonyl (C=O) groups excluding carboxylic acids is 4. The molecule has 3 rings (SSSR count). The average Bonchev–Trinajstić information content (AvgIpc) is 2.95. The van der Waals surface area contributed by atoms with E-state index in [2.05, 4.69) is 5.32 Å². The number of nitrogens with zero attached hydrogens (tertiary/aromatic N) is 1. The fourth-order valence-corrected chi connectivity index (χ4v) is 3.64. The van der Waals surface area contributed by atoms with Crippen LogP contribution in [0, 0.1) is 5.92 Å². The van der Waals surface area contributed by atoms with Crippen LogP contribution in [0.1, 0.15) is 77.0 Å². The zero-order valence-electron chi connectivity index (χ0n) is 16.3. The molecule has 0 aromatic heterocycles. The standard InChI is InChI=1S/C21H26N2O5/c1-13(2)11-22-18(24)12-28-21(27)14-8-9-16-17(10-14)20(26)23(19(16)25)15-6-4-3-5-7-15/h8-10,13,15H,3-7,11-12H2,1-2H3,(H,22,24). The summed E-state index contributed by atoms with van der Waals surface area (Å²) in [6, 6.07) is 4.28. The van der Waals surface area contributed by atoms with Gasteiger partial charge >= 0.3 is 5.97 Å². The zero-order valence-corrected chi connectivity index (χ0v) is 16.3. The molecule has 1 fully saturated rings. The molecule has 3 amide bonds. The predicted octanol–water partition coefficient (Wildman–Crippen LogP) is 2.54. The van der Waals surface area contributed by atoms with Gasteiger partial charge in [-0.1, -0.05) is 33.1 Å². The fraction of sp³-hybridized carbons (Fsp3) is 0.524. The molecule has 0 saturated heterocycles. The van der Waals surface area contributed by atoms with Gasteiger partial charge in [0.2, 0.25) is 0 Å². The zero-order chi connectivity index (χ0) is 20.3. The summed E-state index contributed by atoms with van der Waals surface area (Å²) in [7, 11) is 0. The quantitative estimate of drug-likeness (QED) is 0.599. The molecule has 7 heteroatoms. The first-order valence-corrected chi connectivity index (χ1v) is 9.84. The lowest BCUT2D eigenvalue weighted by molar-refractivity contribution is -0.124. The largest absolute Gasteiger partial charge is 0.452 e. The molecular formula is C21H26N2O5. The molecule has 1 N–H and O–H groups in total. The average molecular weight is 386 g/mol. The lowest BCUT2D eigenvalue weighted by Crippen LogP contribution is -2.40. The van der Waals surface area contributed by atoms with E-state index < -0.39 is 5.97 Å². The van der Waals surface area contributed by atoms with Crippen molar-refractivity contribution in [3.8, 4) is 0 Å². The van der Waals surface area contributed by atoms with Crippen LogP contribution >= 0.6 is 0 Å². The van der Waals surface area contributed by atoms with Gasteiger partial charge < -0.3 is 10.1 Å². The van der Waals surface area contributed by atoms with Crippen molar-refractivity contribution in [3.05, 3.63) is 34.9 Å². The van der Waals surface area contributed by atoms with Crippen molar-refractivity contribution >= 4 is 23.7 Å². The van der Waals surface area contributed by atoms with Crippen molar-refractivity contribution in [2.24, 2.45) is 5.92 Å². The van der Waals surface area contributed by atoms with Crippen molar-refractivity contribution in [3.63, 3.8) is 0 Å². The van der Waals surface area contributed by atoms with Crippen molar-refractivity contribution in [1.29, 1.82) is 0 Å². The van der Waals surface area contributed by atoms with Crippen molar-refractivity contribution in [2.75, 3.05) is 13.2 Å². The topological polar surface area (TPSA) is 92.8 Å². The van der Waals surface area contributed by atoms with Crippen LogP contribution in [0.25, 0.3) is 0 Å². The molecular weight excluding hydrogens is 360 g/mol. The molecule has 7 nitrogen and oxygen atoms in total. The predicted molar refractivity (Wildman–Crippen MR) is 102 cm³/mol. The SMILES string of the molecule is CC(C)CNC(=O)COC(=O)c1ccc2c(c1)C(=O)N(C1CCCCC1)C2=O. The number of imide groups is 1. The normalized spacial score (nSPS) is 17.0. The minimum Gasteiger partial charge on any atom is -0.452 e. The van der Waals surface area contributed by atoms with E-state index in [0.29, 0.717) is 18.0 Å². The van der Waals surface area contributed by atoms with Gasteiger partial charge in [-0.05, 0) is 37.0 Å². The maximum Gasteiger partial charge on any atom is 0.338 e. The van der Waals surface area contributed by atoms with Gasteiger partial charge in [0.1, 0.15) is 0 Å². The Balaban J connectivity index is 1.66. The minimum atomic E-state index is -0.695. The number of nitrogens with one attached hydrogen (secondary N) is 1. The molecule has 1 heterocycles. The van der Waals surface area contributed by atoms with E-state index in [4.69, 9.17) is 4.74 Å². The molecule has 28 heavy (non-hydrogen) atoms. The molecule has 0 spiro atoms. The highest BCUT2D eigenvalue weighted by molar-refractivity contribution is 6.22. The Hall–Kier alpha value is -2.70. The van der Waals surface area contributed by atoms with E-state index in [0.717, 1.165) is 32.1 Å². The molecule has 2 aliphatic rings. The maximum absolute atomic E-state index is 12.8. The summed E-state index contributed by atoms with van der Waals surface area (Å²) in [5, 5.41) is 2.66. The Kier molecular flexibility index (Phi) is 6.11. The number of ether oxygens (including phenoxy) is 1. The number of hydrogen-bond acceptors (Lipinski definition) is 5. The summed E-state index contributed by atoms with van der Waals surface area (Å²) in [4.78, 5) is 50.7. The molecule has 0 unspecified atom stereocenters. The first-order valence-electron chi connectivity index (χ1n) is 9.84. The highest BCUT2D eigenvalue weighted by atomic mass is 16.5. The summed E-state index contributed by atoms with van der Waals surface area (Å²) in [5.74, 6) is -1.42. The molecule has 150 valence electrons. The van der Waals surface area contributed by atoms with Crippen LogP contribution < -0.4 is 5.32 Å². The van der Waals surface area contributed by atoms with E-state index in [1.165, 1.54) is 23.1 Å². The van der Waals surface area contributed by atoms with Crippen LogP contribution in [0.3, 0.4) is 0 Å². The number of carbonyl (C=O) groups is 4. The number of hydrogen-bond donors (Lipinski definition) is 1. The van der Waals surface area contributed by atoms with Crippen LogP contribution in [-0.4, -0.2) is 47.8 Å². The smallest absolute Gasteiger partial charge is 0.338 e. The van der Waals surface area contributed by atoms with Gasteiger partial charge in [-0.2, -0.15) is 0 Å². The summed E-state index contributed by atoms with van der Waals surface area (Å²) in [6.07, 6.45) is 4.79. The molecule has 0 bridgehead atoms. The highest BCUT2D eigenvalue weighted by Crippen LogP contribution is 2.31. The van der Waals surface area contributed by atoms with Crippen LogP contribution in [0.5, 0.6) is 0 Å². The Morgan fingerprint density at radius 3 is 2.46 bits per heavy atom. The van der Waals surface area contributed by atoms with E-state index in [1.54, 1.807) is 0 Å². The van der Waals surface area contributed by atoms with Crippen molar-refractivity contribution < 1.29 is 23.9 Å². The van der Waals surface area contributed by atoms with E-state index in [9.17, 15) is 19.2 Å². The van der Waals surface area contributed by atoms with Crippen molar-refractivity contribution in [2.45, 2.75) is 52.0 Å². The lowest BCUT2D eigenvalue weighted by Gasteiger charge is -2.29. The van der Waals surface area contributed by atoms with Crippen molar-refractivity contribution in [1.82, 2.24) is 10.2 Å². The third kappa shape index (κ3) is 4.24. The molecule has 0 atom stereocenters. The Bertz CT molecular complexity index is 796. The number of amides is 3. The van der Waals surface area contributed by atoms with Gasteiger partial charge in [0.25, 0.3) is 17.7 Å². The summed E-state index contributed by atoms with van der Waals surface area (Å²) < 4.78 is 5.03. The van der Waals surface area contributed by atoms with Crippen LogP contribution in [0.2, 0.25) is 0 Å². The van der Waals surface area contributed by atoms with Crippen LogP contribution in [0.15, 0.2) is 18.2 Å².